The molecule has 0 aliphatic carbocycles. The second-order valence-electron chi connectivity index (χ2n) is 6.03. The summed E-state index contributed by atoms with van der Waals surface area (Å²) in [5.41, 5.74) is 10.8. The third-order valence-corrected chi connectivity index (χ3v) is 4.17. The molecule has 0 unspecified atom stereocenters. The van der Waals surface area contributed by atoms with Gasteiger partial charge in [-0.2, -0.15) is 0 Å². The van der Waals surface area contributed by atoms with E-state index in [4.69, 9.17) is 5.73 Å². The standard InChI is InChI=1S/C22H24N2/c23-16-15-19-11-13-22(14-12-19)24(17-20-7-3-1-4-8-20)18-21-9-5-2-6-10-21/h1-14H,15-18,23H2. The maximum Gasteiger partial charge on any atom is 0.0433 e. The normalized spacial score (nSPS) is 10.5. The van der Waals surface area contributed by atoms with E-state index in [1.165, 1.54) is 22.4 Å². The fraction of sp³-hybridized carbons (Fsp3) is 0.182. The molecular weight excluding hydrogens is 292 g/mol. The van der Waals surface area contributed by atoms with Crippen LogP contribution in [-0.2, 0) is 19.5 Å². The largest absolute Gasteiger partial charge is 0.363 e. The van der Waals surface area contributed by atoms with E-state index < -0.39 is 0 Å². The molecule has 2 N–H and O–H groups in total. The highest BCUT2D eigenvalue weighted by molar-refractivity contribution is 5.49. The van der Waals surface area contributed by atoms with Gasteiger partial charge in [-0.15, -0.1) is 0 Å². The van der Waals surface area contributed by atoms with Crippen molar-refractivity contribution in [1.82, 2.24) is 0 Å². The second-order valence-corrected chi connectivity index (χ2v) is 6.03. The fourth-order valence-electron chi connectivity index (χ4n) is 2.89. The SMILES string of the molecule is NCCc1ccc(N(Cc2ccccc2)Cc2ccccc2)cc1. The average molecular weight is 316 g/mol. The topological polar surface area (TPSA) is 29.3 Å². The smallest absolute Gasteiger partial charge is 0.0433 e. The van der Waals surface area contributed by atoms with Crippen molar-refractivity contribution in [3.05, 3.63) is 102 Å². The first-order chi connectivity index (χ1) is 11.8. The van der Waals surface area contributed by atoms with Crippen molar-refractivity contribution in [2.24, 2.45) is 5.73 Å². The Morgan fingerprint density at radius 3 is 1.54 bits per heavy atom. The van der Waals surface area contributed by atoms with Crippen molar-refractivity contribution in [2.75, 3.05) is 11.4 Å². The first-order valence-electron chi connectivity index (χ1n) is 8.47. The van der Waals surface area contributed by atoms with E-state index in [9.17, 15) is 0 Å². The van der Waals surface area contributed by atoms with E-state index >= 15 is 0 Å². The molecule has 0 aliphatic heterocycles. The molecule has 24 heavy (non-hydrogen) atoms. The summed E-state index contributed by atoms with van der Waals surface area (Å²) in [5.74, 6) is 0. The predicted octanol–water partition coefficient (Wildman–Crippen LogP) is 4.39. The van der Waals surface area contributed by atoms with E-state index in [2.05, 4.69) is 89.8 Å². The molecule has 0 fully saturated rings. The molecule has 0 heterocycles. The molecule has 3 aromatic carbocycles. The molecule has 0 amide bonds. The van der Waals surface area contributed by atoms with Crippen LogP contribution in [-0.4, -0.2) is 6.54 Å². The van der Waals surface area contributed by atoms with Gasteiger partial charge in [0.2, 0.25) is 0 Å². The Balaban J connectivity index is 1.83. The summed E-state index contributed by atoms with van der Waals surface area (Å²) in [5, 5.41) is 0. The van der Waals surface area contributed by atoms with E-state index in [0.29, 0.717) is 6.54 Å². The van der Waals surface area contributed by atoms with Crippen LogP contribution in [0.15, 0.2) is 84.9 Å². The van der Waals surface area contributed by atoms with Gasteiger partial charge in [-0.25, -0.2) is 0 Å². The van der Waals surface area contributed by atoms with Crippen LogP contribution in [0.1, 0.15) is 16.7 Å². The van der Waals surface area contributed by atoms with Crippen LogP contribution < -0.4 is 10.6 Å². The number of rotatable bonds is 7. The lowest BCUT2D eigenvalue weighted by Crippen LogP contribution is -2.22. The van der Waals surface area contributed by atoms with Gasteiger partial charge in [-0.05, 0) is 41.8 Å². The van der Waals surface area contributed by atoms with Crippen LogP contribution in [0, 0.1) is 0 Å². The third kappa shape index (κ3) is 4.46. The molecule has 0 bridgehead atoms. The summed E-state index contributed by atoms with van der Waals surface area (Å²) in [6, 6.07) is 30.0. The van der Waals surface area contributed by atoms with Gasteiger partial charge >= 0.3 is 0 Å². The van der Waals surface area contributed by atoms with Crippen LogP contribution in [0.25, 0.3) is 0 Å². The maximum absolute atomic E-state index is 5.65. The van der Waals surface area contributed by atoms with E-state index in [-0.39, 0.29) is 0 Å². The second kappa shape index (κ2) is 8.32. The van der Waals surface area contributed by atoms with Crippen molar-refractivity contribution < 1.29 is 0 Å². The summed E-state index contributed by atoms with van der Waals surface area (Å²) in [7, 11) is 0. The summed E-state index contributed by atoms with van der Waals surface area (Å²) in [4.78, 5) is 2.41. The fourth-order valence-corrected chi connectivity index (χ4v) is 2.89. The van der Waals surface area contributed by atoms with Crippen molar-refractivity contribution in [3.8, 4) is 0 Å². The Labute approximate surface area is 144 Å². The van der Waals surface area contributed by atoms with Gasteiger partial charge in [0.05, 0.1) is 0 Å². The first kappa shape index (κ1) is 16.3. The monoisotopic (exact) mass is 316 g/mol. The highest BCUT2D eigenvalue weighted by Crippen LogP contribution is 2.21. The molecule has 0 saturated heterocycles. The molecule has 0 atom stereocenters. The lowest BCUT2D eigenvalue weighted by atomic mass is 10.1. The van der Waals surface area contributed by atoms with E-state index in [1.54, 1.807) is 0 Å². The third-order valence-electron chi connectivity index (χ3n) is 4.17. The van der Waals surface area contributed by atoms with Gasteiger partial charge in [0.1, 0.15) is 0 Å². The van der Waals surface area contributed by atoms with Gasteiger partial charge in [-0.1, -0.05) is 72.8 Å². The molecule has 3 aromatic rings. The molecule has 0 radical (unpaired) electrons. The Morgan fingerprint density at radius 2 is 1.08 bits per heavy atom. The molecule has 0 aliphatic rings. The average Bonchev–Trinajstić information content (AvgIpc) is 2.64. The number of hydrogen-bond donors (Lipinski definition) is 1. The van der Waals surface area contributed by atoms with Crippen LogP contribution in [0.2, 0.25) is 0 Å². The van der Waals surface area contributed by atoms with Gasteiger partial charge in [0.15, 0.2) is 0 Å². The van der Waals surface area contributed by atoms with Gasteiger partial charge in [0, 0.05) is 18.8 Å². The first-order valence-corrected chi connectivity index (χ1v) is 8.47. The summed E-state index contributed by atoms with van der Waals surface area (Å²) in [6.45, 7) is 2.48. The lowest BCUT2D eigenvalue weighted by Gasteiger charge is -2.25. The van der Waals surface area contributed by atoms with Crippen molar-refractivity contribution in [1.29, 1.82) is 0 Å². The number of hydrogen-bond acceptors (Lipinski definition) is 2. The van der Waals surface area contributed by atoms with Crippen molar-refractivity contribution >= 4 is 5.69 Å². The quantitative estimate of drug-likeness (QED) is 0.700. The predicted molar refractivity (Wildman–Crippen MR) is 102 cm³/mol. The number of benzene rings is 3. The van der Waals surface area contributed by atoms with Crippen LogP contribution >= 0.6 is 0 Å². The minimum absolute atomic E-state index is 0.692. The van der Waals surface area contributed by atoms with E-state index in [1.807, 2.05) is 0 Å². The Bertz CT molecular complexity index is 679. The van der Waals surface area contributed by atoms with Gasteiger partial charge in [-0.3, -0.25) is 0 Å². The minimum Gasteiger partial charge on any atom is -0.363 e. The minimum atomic E-state index is 0.692. The Hall–Kier alpha value is -2.58. The zero-order chi connectivity index (χ0) is 16.6. The number of nitrogens with zero attached hydrogens (tertiary/aromatic N) is 1. The zero-order valence-corrected chi connectivity index (χ0v) is 13.9. The van der Waals surface area contributed by atoms with Crippen LogP contribution in [0.3, 0.4) is 0 Å². The molecule has 0 spiro atoms. The Kier molecular flexibility index (Phi) is 5.65. The molecular formula is C22H24N2. The maximum atomic E-state index is 5.65. The van der Waals surface area contributed by atoms with Crippen molar-refractivity contribution in [3.63, 3.8) is 0 Å². The molecule has 0 saturated carbocycles. The lowest BCUT2D eigenvalue weighted by molar-refractivity contribution is 0.799. The van der Waals surface area contributed by atoms with Gasteiger partial charge < -0.3 is 10.6 Å². The van der Waals surface area contributed by atoms with Gasteiger partial charge in [0.25, 0.3) is 0 Å². The highest BCUT2D eigenvalue weighted by atomic mass is 15.1. The zero-order valence-electron chi connectivity index (χ0n) is 13.9. The van der Waals surface area contributed by atoms with E-state index in [0.717, 1.165) is 19.5 Å². The molecule has 0 aromatic heterocycles. The summed E-state index contributed by atoms with van der Waals surface area (Å²) in [6.07, 6.45) is 0.928. The molecule has 122 valence electrons. The number of nitrogens with two attached hydrogens (primary N) is 1. The Morgan fingerprint density at radius 1 is 0.583 bits per heavy atom. The van der Waals surface area contributed by atoms with Crippen molar-refractivity contribution in [2.45, 2.75) is 19.5 Å². The highest BCUT2D eigenvalue weighted by Gasteiger charge is 2.08. The molecule has 2 heteroatoms. The van der Waals surface area contributed by atoms with Crippen LogP contribution in [0.4, 0.5) is 5.69 Å². The molecule has 2 nitrogen and oxygen atoms in total. The number of anilines is 1. The summed E-state index contributed by atoms with van der Waals surface area (Å²) < 4.78 is 0. The van der Waals surface area contributed by atoms with Crippen LogP contribution in [0.5, 0.6) is 0 Å². The molecule has 3 rings (SSSR count). The summed E-state index contributed by atoms with van der Waals surface area (Å²) >= 11 is 0.